The Morgan fingerprint density at radius 1 is 1.00 bits per heavy atom. The lowest BCUT2D eigenvalue weighted by Gasteiger charge is -2.08. The molecule has 0 aliphatic heterocycles. The molecule has 94 valence electrons. The molecule has 2 aromatic carbocycles. The zero-order valence-electron chi connectivity index (χ0n) is 9.61. The first kappa shape index (κ1) is 14.0. The molecule has 0 atom stereocenters. The van der Waals surface area contributed by atoms with Gasteiger partial charge in [-0.3, -0.25) is 0 Å². The summed E-state index contributed by atoms with van der Waals surface area (Å²) in [6.07, 6.45) is 0. The summed E-state index contributed by atoms with van der Waals surface area (Å²) in [4.78, 5) is 1.27. The molecule has 0 N–H and O–H groups in total. The molecular formula is C14H12Br2OS. The molecular weight excluding hydrogens is 376 g/mol. The van der Waals surface area contributed by atoms with Gasteiger partial charge < -0.3 is 4.74 Å². The predicted octanol–water partition coefficient (Wildman–Crippen LogP) is 5.38. The lowest BCUT2D eigenvalue weighted by Crippen LogP contribution is -2.00. The van der Waals surface area contributed by atoms with Crippen molar-refractivity contribution in [2.45, 2.75) is 4.90 Å². The van der Waals surface area contributed by atoms with Crippen LogP contribution in [0.25, 0.3) is 0 Å². The van der Waals surface area contributed by atoms with Gasteiger partial charge in [-0.15, -0.1) is 11.8 Å². The standard InChI is InChI=1S/C14H12Br2OS/c15-11-6-7-14(13(16)10-11)17-8-9-18-12-4-2-1-3-5-12/h1-7,10H,8-9H2. The van der Waals surface area contributed by atoms with Gasteiger partial charge in [0.15, 0.2) is 0 Å². The van der Waals surface area contributed by atoms with E-state index in [1.54, 1.807) is 11.8 Å². The first-order valence-electron chi connectivity index (χ1n) is 5.51. The minimum absolute atomic E-state index is 0.694. The van der Waals surface area contributed by atoms with Crippen molar-refractivity contribution >= 4 is 43.6 Å². The molecule has 0 heterocycles. The van der Waals surface area contributed by atoms with E-state index in [0.717, 1.165) is 20.4 Å². The largest absolute Gasteiger partial charge is 0.492 e. The normalized spacial score (nSPS) is 10.3. The van der Waals surface area contributed by atoms with Crippen molar-refractivity contribution in [2.24, 2.45) is 0 Å². The van der Waals surface area contributed by atoms with E-state index < -0.39 is 0 Å². The minimum atomic E-state index is 0.694. The van der Waals surface area contributed by atoms with Crippen LogP contribution in [-0.2, 0) is 0 Å². The van der Waals surface area contributed by atoms with Crippen LogP contribution in [0.5, 0.6) is 5.75 Å². The molecule has 0 unspecified atom stereocenters. The van der Waals surface area contributed by atoms with Gasteiger partial charge in [0.25, 0.3) is 0 Å². The topological polar surface area (TPSA) is 9.23 Å². The summed E-state index contributed by atoms with van der Waals surface area (Å²) in [5.41, 5.74) is 0. The zero-order chi connectivity index (χ0) is 12.8. The zero-order valence-corrected chi connectivity index (χ0v) is 13.6. The summed E-state index contributed by atoms with van der Waals surface area (Å²) < 4.78 is 7.74. The SMILES string of the molecule is Brc1ccc(OCCSc2ccccc2)c(Br)c1. The van der Waals surface area contributed by atoms with E-state index in [9.17, 15) is 0 Å². The Hall–Kier alpha value is -0.450. The van der Waals surface area contributed by atoms with Crippen LogP contribution in [0.2, 0.25) is 0 Å². The highest BCUT2D eigenvalue weighted by Crippen LogP contribution is 2.28. The fraction of sp³-hybridized carbons (Fsp3) is 0.143. The minimum Gasteiger partial charge on any atom is -0.492 e. The van der Waals surface area contributed by atoms with Crippen molar-refractivity contribution in [3.8, 4) is 5.75 Å². The summed E-state index contributed by atoms with van der Waals surface area (Å²) in [5.74, 6) is 1.82. The molecule has 4 heteroatoms. The van der Waals surface area contributed by atoms with E-state index in [2.05, 4.69) is 56.1 Å². The number of hydrogen-bond donors (Lipinski definition) is 0. The molecule has 0 aromatic heterocycles. The van der Waals surface area contributed by atoms with Crippen LogP contribution >= 0.6 is 43.6 Å². The summed E-state index contributed by atoms with van der Waals surface area (Å²) >= 11 is 8.70. The second-order valence-corrected chi connectivity index (χ2v) is 6.52. The van der Waals surface area contributed by atoms with E-state index in [4.69, 9.17) is 4.74 Å². The van der Waals surface area contributed by atoms with Crippen molar-refractivity contribution in [2.75, 3.05) is 12.4 Å². The molecule has 2 rings (SSSR count). The Morgan fingerprint density at radius 3 is 2.50 bits per heavy atom. The molecule has 2 aromatic rings. The predicted molar refractivity (Wildman–Crippen MR) is 84.5 cm³/mol. The number of rotatable bonds is 5. The van der Waals surface area contributed by atoms with Gasteiger partial charge in [-0.2, -0.15) is 0 Å². The average Bonchev–Trinajstić information content (AvgIpc) is 2.38. The number of ether oxygens (including phenoxy) is 1. The maximum atomic E-state index is 5.72. The van der Waals surface area contributed by atoms with Gasteiger partial charge in [-0.05, 0) is 46.3 Å². The number of halogens is 2. The van der Waals surface area contributed by atoms with Crippen molar-refractivity contribution < 1.29 is 4.74 Å². The Kier molecular flexibility index (Phi) is 5.60. The Morgan fingerprint density at radius 2 is 1.78 bits per heavy atom. The molecule has 0 aliphatic carbocycles. The van der Waals surface area contributed by atoms with E-state index >= 15 is 0 Å². The lowest BCUT2D eigenvalue weighted by atomic mass is 10.3. The third-order valence-corrected chi connectivity index (χ3v) is 4.34. The maximum Gasteiger partial charge on any atom is 0.133 e. The summed E-state index contributed by atoms with van der Waals surface area (Å²) in [7, 11) is 0. The van der Waals surface area contributed by atoms with Crippen molar-refractivity contribution in [3.63, 3.8) is 0 Å². The molecule has 0 fully saturated rings. The highest BCUT2D eigenvalue weighted by Gasteiger charge is 2.01. The summed E-state index contributed by atoms with van der Waals surface area (Å²) in [5, 5.41) is 0. The van der Waals surface area contributed by atoms with E-state index in [1.807, 2.05) is 24.3 Å². The highest BCUT2D eigenvalue weighted by atomic mass is 79.9. The molecule has 0 radical (unpaired) electrons. The first-order chi connectivity index (χ1) is 8.75. The fourth-order valence-electron chi connectivity index (χ4n) is 1.42. The molecule has 0 amide bonds. The number of benzene rings is 2. The number of hydrogen-bond acceptors (Lipinski definition) is 2. The van der Waals surface area contributed by atoms with Crippen LogP contribution < -0.4 is 4.74 Å². The summed E-state index contributed by atoms with van der Waals surface area (Å²) in [6.45, 7) is 0.694. The maximum absolute atomic E-state index is 5.72. The van der Waals surface area contributed by atoms with Crippen molar-refractivity contribution in [1.29, 1.82) is 0 Å². The Bertz CT molecular complexity index is 502. The van der Waals surface area contributed by atoms with Crippen molar-refractivity contribution in [1.82, 2.24) is 0 Å². The summed E-state index contributed by atoms with van der Waals surface area (Å²) in [6, 6.07) is 16.3. The molecule has 0 bridgehead atoms. The highest BCUT2D eigenvalue weighted by molar-refractivity contribution is 9.11. The fourth-order valence-corrected chi connectivity index (χ4v) is 3.33. The average molecular weight is 388 g/mol. The number of thioether (sulfide) groups is 1. The van der Waals surface area contributed by atoms with E-state index in [-0.39, 0.29) is 0 Å². The van der Waals surface area contributed by atoms with Gasteiger partial charge in [0, 0.05) is 15.1 Å². The van der Waals surface area contributed by atoms with Gasteiger partial charge in [-0.25, -0.2) is 0 Å². The van der Waals surface area contributed by atoms with Gasteiger partial charge in [0.05, 0.1) is 11.1 Å². The third-order valence-electron chi connectivity index (χ3n) is 2.25. The second-order valence-electron chi connectivity index (χ2n) is 3.58. The second kappa shape index (κ2) is 7.22. The molecule has 0 aliphatic rings. The quantitative estimate of drug-likeness (QED) is 0.502. The molecule has 0 saturated carbocycles. The van der Waals surface area contributed by atoms with Crippen LogP contribution in [0.1, 0.15) is 0 Å². The van der Waals surface area contributed by atoms with Crippen LogP contribution in [0.15, 0.2) is 62.4 Å². The Balaban J connectivity index is 1.79. The van der Waals surface area contributed by atoms with Gasteiger partial charge in [0.2, 0.25) is 0 Å². The van der Waals surface area contributed by atoms with E-state index in [1.165, 1.54) is 4.90 Å². The van der Waals surface area contributed by atoms with Gasteiger partial charge >= 0.3 is 0 Å². The van der Waals surface area contributed by atoms with Gasteiger partial charge in [0.1, 0.15) is 5.75 Å². The van der Waals surface area contributed by atoms with Crippen LogP contribution in [0, 0.1) is 0 Å². The van der Waals surface area contributed by atoms with Crippen LogP contribution in [-0.4, -0.2) is 12.4 Å². The molecule has 0 saturated heterocycles. The molecule has 0 spiro atoms. The lowest BCUT2D eigenvalue weighted by molar-refractivity contribution is 0.342. The molecule has 1 nitrogen and oxygen atoms in total. The van der Waals surface area contributed by atoms with Crippen molar-refractivity contribution in [3.05, 3.63) is 57.5 Å². The molecule has 18 heavy (non-hydrogen) atoms. The van der Waals surface area contributed by atoms with Crippen LogP contribution in [0.3, 0.4) is 0 Å². The Labute approximate surface area is 128 Å². The van der Waals surface area contributed by atoms with Gasteiger partial charge in [-0.1, -0.05) is 34.1 Å². The third kappa shape index (κ3) is 4.34. The van der Waals surface area contributed by atoms with E-state index in [0.29, 0.717) is 6.61 Å². The monoisotopic (exact) mass is 386 g/mol. The first-order valence-corrected chi connectivity index (χ1v) is 8.08. The van der Waals surface area contributed by atoms with Crippen LogP contribution in [0.4, 0.5) is 0 Å². The smallest absolute Gasteiger partial charge is 0.133 e.